The van der Waals surface area contributed by atoms with E-state index in [-0.39, 0.29) is 17.9 Å². The number of β-amino-alcohol motifs (C(OH)–C–C–N with tert-alkyl or cyclic N) is 1. The average molecular weight is 299 g/mol. The number of nitrogens with zero attached hydrogens (tertiary/aromatic N) is 1. The molecule has 0 aromatic heterocycles. The SMILES string of the molecule is COC(=O)[C@@H]1C[C@@H](O)CN1S(=O)(=O)c1ccccc1C. The fraction of sp³-hybridized carbons (Fsp3) is 0.462. The molecule has 6 nitrogen and oxygen atoms in total. The van der Waals surface area contributed by atoms with Gasteiger partial charge in [-0.15, -0.1) is 0 Å². The number of rotatable bonds is 3. The van der Waals surface area contributed by atoms with E-state index in [4.69, 9.17) is 0 Å². The number of benzene rings is 1. The third-order valence-electron chi connectivity index (χ3n) is 3.39. The van der Waals surface area contributed by atoms with Gasteiger partial charge in [-0.2, -0.15) is 4.31 Å². The number of sulfonamides is 1. The fourth-order valence-electron chi connectivity index (χ4n) is 2.37. The quantitative estimate of drug-likeness (QED) is 0.811. The van der Waals surface area contributed by atoms with E-state index < -0.39 is 28.1 Å². The number of esters is 1. The van der Waals surface area contributed by atoms with Gasteiger partial charge < -0.3 is 9.84 Å². The van der Waals surface area contributed by atoms with Crippen molar-refractivity contribution in [3.8, 4) is 0 Å². The lowest BCUT2D eigenvalue weighted by molar-refractivity contribution is -0.144. The average Bonchev–Trinajstić information content (AvgIpc) is 2.81. The van der Waals surface area contributed by atoms with E-state index in [1.807, 2.05) is 0 Å². The van der Waals surface area contributed by atoms with Crippen molar-refractivity contribution in [3.63, 3.8) is 0 Å². The Kier molecular flexibility index (Phi) is 4.12. The third kappa shape index (κ3) is 2.56. The normalized spacial score (nSPS) is 23.8. The minimum absolute atomic E-state index is 0.0534. The number of hydrogen-bond acceptors (Lipinski definition) is 5. The van der Waals surface area contributed by atoms with Gasteiger partial charge in [-0.3, -0.25) is 4.79 Å². The summed E-state index contributed by atoms with van der Waals surface area (Å²) in [6.07, 6.45) is -0.810. The van der Waals surface area contributed by atoms with E-state index in [1.54, 1.807) is 25.1 Å². The smallest absolute Gasteiger partial charge is 0.324 e. The maximum atomic E-state index is 12.6. The monoisotopic (exact) mass is 299 g/mol. The summed E-state index contributed by atoms with van der Waals surface area (Å²) in [6.45, 7) is 1.59. The zero-order chi connectivity index (χ0) is 14.9. The van der Waals surface area contributed by atoms with E-state index in [2.05, 4.69) is 4.74 Å². The van der Waals surface area contributed by atoms with Crippen molar-refractivity contribution in [2.75, 3.05) is 13.7 Å². The molecular formula is C13H17NO5S. The molecule has 1 heterocycles. The Labute approximate surface area is 118 Å². The Morgan fingerprint density at radius 1 is 1.40 bits per heavy atom. The molecule has 0 aliphatic carbocycles. The van der Waals surface area contributed by atoms with Crippen LogP contribution in [0.25, 0.3) is 0 Å². The Bertz CT molecular complexity index is 613. The molecule has 0 unspecified atom stereocenters. The topological polar surface area (TPSA) is 83.9 Å². The highest BCUT2D eigenvalue weighted by Gasteiger charge is 2.44. The van der Waals surface area contributed by atoms with Gasteiger partial charge in [0.25, 0.3) is 0 Å². The summed E-state index contributed by atoms with van der Waals surface area (Å²) in [4.78, 5) is 11.8. The molecule has 1 N–H and O–H groups in total. The molecule has 2 rings (SSSR count). The number of aliphatic hydroxyl groups excluding tert-OH is 1. The molecule has 20 heavy (non-hydrogen) atoms. The maximum Gasteiger partial charge on any atom is 0.324 e. The lowest BCUT2D eigenvalue weighted by atomic mass is 10.2. The van der Waals surface area contributed by atoms with Crippen LogP contribution in [0.2, 0.25) is 0 Å². The Morgan fingerprint density at radius 3 is 2.65 bits per heavy atom. The van der Waals surface area contributed by atoms with Crippen molar-refractivity contribution in [1.29, 1.82) is 0 Å². The van der Waals surface area contributed by atoms with Crippen molar-refractivity contribution in [2.24, 2.45) is 0 Å². The van der Waals surface area contributed by atoms with Crippen molar-refractivity contribution in [2.45, 2.75) is 30.4 Å². The van der Waals surface area contributed by atoms with Crippen molar-refractivity contribution < 1.29 is 23.1 Å². The van der Waals surface area contributed by atoms with Gasteiger partial charge >= 0.3 is 5.97 Å². The first kappa shape index (κ1) is 15.0. The minimum atomic E-state index is -3.83. The summed E-state index contributed by atoms with van der Waals surface area (Å²) in [5, 5.41) is 9.68. The molecule has 1 fully saturated rings. The minimum Gasteiger partial charge on any atom is -0.468 e. The Morgan fingerprint density at radius 2 is 2.05 bits per heavy atom. The number of ether oxygens (including phenoxy) is 1. The molecule has 1 aliphatic rings. The van der Waals surface area contributed by atoms with Crippen LogP contribution in [0.3, 0.4) is 0 Å². The standard InChI is InChI=1S/C13H17NO5S/c1-9-5-3-4-6-12(9)20(17,18)14-8-10(15)7-11(14)13(16)19-2/h3-6,10-11,15H,7-8H2,1-2H3/t10-,11+/m1/s1. The summed E-state index contributed by atoms with van der Waals surface area (Å²) in [7, 11) is -2.63. The van der Waals surface area contributed by atoms with Crippen LogP contribution >= 0.6 is 0 Å². The fourth-order valence-corrected chi connectivity index (χ4v) is 4.23. The molecule has 0 saturated carbocycles. The first-order valence-electron chi connectivity index (χ1n) is 6.21. The molecule has 7 heteroatoms. The van der Waals surface area contributed by atoms with E-state index in [0.717, 1.165) is 4.31 Å². The van der Waals surface area contributed by atoms with Gasteiger partial charge in [0, 0.05) is 13.0 Å². The zero-order valence-corrected chi connectivity index (χ0v) is 12.1. The largest absolute Gasteiger partial charge is 0.468 e. The highest BCUT2D eigenvalue weighted by atomic mass is 32.2. The summed E-state index contributed by atoms with van der Waals surface area (Å²) >= 11 is 0. The second kappa shape index (κ2) is 5.51. The van der Waals surface area contributed by atoms with Crippen LogP contribution < -0.4 is 0 Å². The number of hydrogen-bond donors (Lipinski definition) is 1. The second-order valence-electron chi connectivity index (χ2n) is 4.77. The third-order valence-corrected chi connectivity index (χ3v) is 5.42. The van der Waals surface area contributed by atoms with Gasteiger partial charge in [0.1, 0.15) is 6.04 Å². The number of carbonyl (C=O) groups excluding carboxylic acids is 1. The highest BCUT2D eigenvalue weighted by molar-refractivity contribution is 7.89. The van der Waals surface area contributed by atoms with Crippen LogP contribution in [0.4, 0.5) is 0 Å². The van der Waals surface area contributed by atoms with Gasteiger partial charge in [-0.1, -0.05) is 18.2 Å². The maximum absolute atomic E-state index is 12.6. The molecular weight excluding hydrogens is 282 g/mol. The predicted molar refractivity (Wildman–Crippen MR) is 71.5 cm³/mol. The lowest BCUT2D eigenvalue weighted by Gasteiger charge is -2.22. The van der Waals surface area contributed by atoms with Crippen LogP contribution in [-0.4, -0.2) is 49.6 Å². The van der Waals surface area contributed by atoms with Gasteiger partial charge in [0.05, 0.1) is 18.1 Å². The summed E-state index contributed by atoms with van der Waals surface area (Å²) in [5.74, 6) is -0.654. The van der Waals surface area contributed by atoms with E-state index in [1.165, 1.54) is 13.2 Å². The number of aryl methyl sites for hydroxylation is 1. The number of aliphatic hydroxyl groups is 1. The first-order valence-corrected chi connectivity index (χ1v) is 7.65. The number of methoxy groups -OCH3 is 1. The molecule has 1 saturated heterocycles. The van der Waals surface area contributed by atoms with E-state index in [9.17, 15) is 18.3 Å². The lowest BCUT2D eigenvalue weighted by Crippen LogP contribution is -2.41. The Hall–Kier alpha value is -1.44. The van der Waals surface area contributed by atoms with Crippen molar-refractivity contribution >= 4 is 16.0 Å². The molecule has 0 radical (unpaired) electrons. The molecule has 0 bridgehead atoms. The second-order valence-corrected chi connectivity index (χ2v) is 6.63. The van der Waals surface area contributed by atoms with Crippen LogP contribution in [0.15, 0.2) is 29.2 Å². The highest BCUT2D eigenvalue weighted by Crippen LogP contribution is 2.28. The zero-order valence-electron chi connectivity index (χ0n) is 11.3. The molecule has 0 amide bonds. The van der Waals surface area contributed by atoms with Crippen LogP contribution in [0.1, 0.15) is 12.0 Å². The van der Waals surface area contributed by atoms with Gasteiger partial charge in [0.2, 0.25) is 10.0 Å². The van der Waals surface area contributed by atoms with E-state index >= 15 is 0 Å². The predicted octanol–water partition coefficient (Wildman–Crippen LogP) is 0.292. The van der Waals surface area contributed by atoms with Crippen LogP contribution in [0, 0.1) is 6.92 Å². The van der Waals surface area contributed by atoms with Crippen molar-refractivity contribution in [1.82, 2.24) is 4.31 Å². The Balaban J connectivity index is 2.43. The number of carbonyl (C=O) groups is 1. The van der Waals surface area contributed by atoms with Crippen LogP contribution in [0.5, 0.6) is 0 Å². The summed E-state index contributed by atoms with van der Waals surface area (Å²) < 4.78 is 30.9. The molecule has 0 spiro atoms. The summed E-state index contributed by atoms with van der Waals surface area (Å²) in [6, 6.07) is 5.57. The van der Waals surface area contributed by atoms with E-state index in [0.29, 0.717) is 5.56 Å². The van der Waals surface area contributed by atoms with Crippen molar-refractivity contribution in [3.05, 3.63) is 29.8 Å². The summed E-state index contributed by atoms with van der Waals surface area (Å²) in [5.41, 5.74) is 0.595. The molecule has 1 aromatic rings. The van der Waals surface area contributed by atoms with Gasteiger partial charge in [-0.25, -0.2) is 8.42 Å². The van der Waals surface area contributed by atoms with Crippen LogP contribution in [-0.2, 0) is 19.6 Å². The molecule has 2 atom stereocenters. The van der Waals surface area contributed by atoms with Gasteiger partial charge in [0.15, 0.2) is 0 Å². The molecule has 1 aromatic carbocycles. The van der Waals surface area contributed by atoms with Gasteiger partial charge in [-0.05, 0) is 18.6 Å². The first-order chi connectivity index (χ1) is 9.37. The molecule has 110 valence electrons. The molecule has 1 aliphatic heterocycles.